The van der Waals surface area contributed by atoms with Crippen LogP contribution in [-0.2, 0) is 22.1 Å². The zero-order chi connectivity index (χ0) is 43.3. The number of rotatable bonds is 11. The maximum absolute atomic E-state index is 13.6. The van der Waals surface area contributed by atoms with Crippen LogP contribution in [0.25, 0.3) is 10.2 Å². The smallest absolute Gasteiger partial charge is 0.433 e. The number of benzene rings is 2. The van der Waals surface area contributed by atoms with Crippen molar-refractivity contribution >= 4 is 50.7 Å². The first kappa shape index (κ1) is 42.3. The molecule has 62 heavy (non-hydrogen) atoms. The van der Waals surface area contributed by atoms with E-state index in [1.165, 1.54) is 18.1 Å². The molecule has 1 atom stereocenters. The fraction of sp³-hybridized carbons (Fsp3) is 0.489. The van der Waals surface area contributed by atoms with Gasteiger partial charge in [0.1, 0.15) is 17.1 Å². The highest BCUT2D eigenvalue weighted by Gasteiger charge is 2.45. The first-order chi connectivity index (χ1) is 29.8. The standard InChI is InChI=1S/C47H50F3N5O6S/c1-26-9-14-37(38(56)19-26)55-45(58)33-6-3-5-30(42(33)46(55)59)20-28-21-32(22-28)61-31-15-17-54(18-16-31)25-27-10-12-29(13-11-27)44-53-36-23-39(60-2)35(24-40(36)62-44)52-43(57)34-7-4-8-41(51-34)47(48,49)50/h3-8,23-24,27-29,31-32,37H,1,9-22,25H2,2H3,(H,52,57). The van der Waals surface area contributed by atoms with Gasteiger partial charge in [-0.2, -0.15) is 13.2 Å². The van der Waals surface area contributed by atoms with Crippen LogP contribution < -0.4 is 10.1 Å². The molecule has 2 aromatic heterocycles. The maximum atomic E-state index is 13.6. The molecule has 15 heteroatoms. The summed E-state index contributed by atoms with van der Waals surface area (Å²) >= 11 is 1.58. The summed E-state index contributed by atoms with van der Waals surface area (Å²) in [5, 5.41) is 3.72. The molecule has 1 N–H and O–H groups in total. The minimum atomic E-state index is -4.66. The molecular formula is C47H50F3N5O6S. The van der Waals surface area contributed by atoms with Gasteiger partial charge in [-0.25, -0.2) is 9.97 Å². The summed E-state index contributed by atoms with van der Waals surface area (Å²) in [6.45, 7) is 7.03. The number of piperidine rings is 1. The maximum Gasteiger partial charge on any atom is 0.433 e. The van der Waals surface area contributed by atoms with Crippen LogP contribution in [-0.4, -0.2) is 88.3 Å². The second-order valence-electron chi connectivity index (χ2n) is 17.7. The number of nitrogens with zero attached hydrogens (tertiary/aromatic N) is 4. The molecule has 0 spiro atoms. The first-order valence-electron chi connectivity index (χ1n) is 21.7. The summed E-state index contributed by atoms with van der Waals surface area (Å²) in [5.41, 5.74) is 2.24. The van der Waals surface area contributed by atoms with Crippen molar-refractivity contribution < 1.29 is 41.8 Å². The highest BCUT2D eigenvalue weighted by atomic mass is 32.1. The van der Waals surface area contributed by atoms with E-state index < -0.39 is 23.8 Å². The fourth-order valence-corrected chi connectivity index (χ4v) is 11.3. The number of carbonyl (C=O) groups is 4. The van der Waals surface area contributed by atoms with E-state index in [2.05, 4.69) is 21.8 Å². The van der Waals surface area contributed by atoms with Gasteiger partial charge in [0.2, 0.25) is 0 Å². The number of thiazole rings is 1. The van der Waals surface area contributed by atoms with Crippen LogP contribution in [0.15, 0.2) is 60.7 Å². The van der Waals surface area contributed by atoms with Crippen LogP contribution in [0.2, 0.25) is 0 Å². The van der Waals surface area contributed by atoms with Crippen molar-refractivity contribution in [1.29, 1.82) is 0 Å². The van der Waals surface area contributed by atoms with E-state index in [0.29, 0.717) is 59.6 Å². The number of ether oxygens (including phenoxy) is 2. The third-order valence-electron chi connectivity index (χ3n) is 13.5. The Morgan fingerprint density at radius 1 is 0.919 bits per heavy atom. The number of likely N-dealkylation sites (tertiary alicyclic amines) is 1. The molecule has 2 aliphatic heterocycles. The number of hydrogen-bond acceptors (Lipinski definition) is 10. The number of ketones is 1. The molecule has 2 aromatic carbocycles. The van der Waals surface area contributed by atoms with Crippen LogP contribution >= 0.6 is 11.3 Å². The number of alkyl halides is 3. The van der Waals surface area contributed by atoms with E-state index >= 15 is 0 Å². The first-order valence-corrected chi connectivity index (χ1v) is 22.5. The molecule has 4 aromatic rings. The lowest BCUT2D eigenvalue weighted by Gasteiger charge is -2.41. The molecular weight excluding hydrogens is 820 g/mol. The summed E-state index contributed by atoms with van der Waals surface area (Å²) in [6.07, 6.45) is 6.02. The second kappa shape index (κ2) is 17.3. The lowest BCUT2D eigenvalue weighted by Crippen LogP contribution is -2.46. The predicted octanol–water partition coefficient (Wildman–Crippen LogP) is 9.02. The molecule has 9 rings (SSSR count). The van der Waals surface area contributed by atoms with E-state index in [1.807, 2.05) is 12.1 Å². The summed E-state index contributed by atoms with van der Waals surface area (Å²) in [6, 6.07) is 11.5. The van der Waals surface area contributed by atoms with Gasteiger partial charge in [0.15, 0.2) is 5.78 Å². The number of imide groups is 1. The third-order valence-corrected chi connectivity index (χ3v) is 14.7. The number of anilines is 1. The Balaban J connectivity index is 0.713. The highest BCUT2D eigenvalue weighted by molar-refractivity contribution is 7.18. The van der Waals surface area contributed by atoms with Gasteiger partial charge >= 0.3 is 6.18 Å². The van der Waals surface area contributed by atoms with E-state index in [1.54, 1.807) is 29.5 Å². The Kier molecular flexibility index (Phi) is 11.8. The van der Waals surface area contributed by atoms with Gasteiger partial charge in [-0.15, -0.1) is 11.3 Å². The SMILES string of the molecule is C=C1CCC(N2C(=O)c3cccc(CC4CC(OC5CCN(CC6CCC(c7nc8cc(OC)c(NC(=O)c9cccc(C(F)(F)F)n9)cc8s7)CC6)CC5)C4)c3C2=O)C(=O)C1. The van der Waals surface area contributed by atoms with Gasteiger partial charge in [0.05, 0.1) is 57.4 Å². The molecule has 4 heterocycles. The highest BCUT2D eigenvalue weighted by Crippen LogP contribution is 2.43. The van der Waals surface area contributed by atoms with Crippen molar-refractivity contribution in [2.75, 3.05) is 32.1 Å². The van der Waals surface area contributed by atoms with Crippen LogP contribution in [0.4, 0.5) is 18.9 Å². The monoisotopic (exact) mass is 869 g/mol. The summed E-state index contributed by atoms with van der Waals surface area (Å²) in [5.74, 6) is 0.131. The van der Waals surface area contributed by atoms with Crippen molar-refractivity contribution in [2.45, 2.75) is 107 Å². The Hall–Kier alpha value is -4.99. The zero-order valence-electron chi connectivity index (χ0n) is 34.7. The minimum absolute atomic E-state index is 0.109. The molecule has 3 amide bonds. The average molecular weight is 870 g/mol. The topological polar surface area (TPSA) is 131 Å². The number of amides is 3. The number of nitrogens with one attached hydrogen (secondary N) is 1. The molecule has 1 unspecified atom stereocenters. The van der Waals surface area contributed by atoms with Gasteiger partial charge in [-0.1, -0.05) is 30.4 Å². The molecule has 4 fully saturated rings. The van der Waals surface area contributed by atoms with Crippen molar-refractivity contribution in [3.8, 4) is 5.75 Å². The zero-order valence-corrected chi connectivity index (χ0v) is 35.5. The van der Waals surface area contributed by atoms with Crippen molar-refractivity contribution in [3.63, 3.8) is 0 Å². The number of allylic oxidation sites excluding steroid dienone is 1. The number of carbonyl (C=O) groups excluding carboxylic acids is 4. The van der Waals surface area contributed by atoms with E-state index in [0.717, 1.165) is 109 Å². The van der Waals surface area contributed by atoms with Gasteiger partial charge in [0.25, 0.3) is 17.7 Å². The molecule has 3 saturated carbocycles. The van der Waals surface area contributed by atoms with Crippen LogP contribution in [0, 0.1) is 11.8 Å². The molecule has 5 aliphatic rings. The average Bonchev–Trinajstić information content (AvgIpc) is 3.77. The van der Waals surface area contributed by atoms with Gasteiger partial charge in [-0.3, -0.25) is 24.1 Å². The molecule has 3 aliphatic carbocycles. The van der Waals surface area contributed by atoms with Gasteiger partial charge in [0, 0.05) is 38.0 Å². The summed E-state index contributed by atoms with van der Waals surface area (Å²) in [4.78, 5) is 64.8. The Morgan fingerprint density at radius 3 is 2.40 bits per heavy atom. The van der Waals surface area contributed by atoms with E-state index in [-0.39, 0.29) is 41.9 Å². The fourth-order valence-electron chi connectivity index (χ4n) is 10.1. The summed E-state index contributed by atoms with van der Waals surface area (Å²) < 4.78 is 52.5. The van der Waals surface area contributed by atoms with E-state index in [9.17, 15) is 32.3 Å². The molecule has 1 saturated heterocycles. The van der Waals surface area contributed by atoms with Crippen molar-refractivity contribution in [3.05, 3.63) is 93.8 Å². The molecule has 0 bridgehead atoms. The third kappa shape index (κ3) is 8.67. The minimum Gasteiger partial charge on any atom is -0.494 e. The number of hydrogen-bond donors (Lipinski definition) is 1. The Bertz CT molecular complexity index is 2410. The number of fused-ring (bicyclic) bond motifs is 2. The summed E-state index contributed by atoms with van der Waals surface area (Å²) in [7, 11) is 1.47. The van der Waals surface area contributed by atoms with Crippen LogP contribution in [0.1, 0.15) is 124 Å². The van der Waals surface area contributed by atoms with Crippen LogP contribution in [0.5, 0.6) is 5.75 Å². The van der Waals surface area contributed by atoms with E-state index in [4.69, 9.17) is 14.5 Å². The van der Waals surface area contributed by atoms with Gasteiger partial charge < -0.3 is 19.7 Å². The lowest BCUT2D eigenvalue weighted by atomic mass is 9.77. The van der Waals surface area contributed by atoms with Crippen LogP contribution in [0.3, 0.4) is 0 Å². The normalized spacial score (nSPS) is 25.0. The number of methoxy groups -OCH3 is 1. The van der Waals surface area contributed by atoms with Crippen molar-refractivity contribution in [1.82, 2.24) is 19.8 Å². The molecule has 326 valence electrons. The quantitative estimate of drug-likeness (QED) is 0.116. The lowest BCUT2D eigenvalue weighted by molar-refractivity contribution is -0.141. The van der Waals surface area contributed by atoms with Crippen molar-refractivity contribution in [2.24, 2.45) is 11.8 Å². The molecule has 11 nitrogen and oxygen atoms in total. The molecule has 0 radical (unpaired) electrons. The Morgan fingerprint density at radius 2 is 1.68 bits per heavy atom. The predicted molar refractivity (Wildman–Crippen MR) is 228 cm³/mol. The van der Waals surface area contributed by atoms with Gasteiger partial charge in [-0.05, 0) is 112 Å². The largest absolute Gasteiger partial charge is 0.494 e. The Labute approximate surface area is 362 Å². The number of pyridine rings is 1. The number of halogens is 3. The number of Topliss-reactive ketones (excluding diaryl/α,β-unsaturated/α-hetero) is 1. The second-order valence-corrected chi connectivity index (χ2v) is 18.8. The number of aromatic nitrogens is 2.